The number of carbonyl (C=O) groups excluding carboxylic acids is 1. The van der Waals surface area contributed by atoms with Gasteiger partial charge in [0.25, 0.3) is 0 Å². The van der Waals surface area contributed by atoms with E-state index in [9.17, 15) is 18.0 Å². The van der Waals surface area contributed by atoms with Crippen molar-refractivity contribution in [2.24, 2.45) is 0 Å². The van der Waals surface area contributed by atoms with Crippen molar-refractivity contribution in [3.63, 3.8) is 0 Å². The van der Waals surface area contributed by atoms with Crippen LogP contribution in [0.1, 0.15) is 26.4 Å². The standard InChI is InChI=1S/C14H11F3OS/c1-9-5-11(8-19-9)13(18)7-10-3-2-4-12(6-10)14(15,16)17/h2-6,8H,7H2,1H3. The molecular weight excluding hydrogens is 273 g/mol. The van der Waals surface area contributed by atoms with E-state index in [4.69, 9.17) is 0 Å². The van der Waals surface area contributed by atoms with Crippen LogP contribution in [-0.2, 0) is 12.6 Å². The minimum Gasteiger partial charge on any atom is -0.294 e. The van der Waals surface area contributed by atoms with Crippen molar-refractivity contribution in [1.29, 1.82) is 0 Å². The molecule has 1 aromatic carbocycles. The van der Waals surface area contributed by atoms with E-state index in [-0.39, 0.29) is 12.2 Å². The molecule has 0 fully saturated rings. The largest absolute Gasteiger partial charge is 0.416 e. The molecule has 0 bridgehead atoms. The zero-order chi connectivity index (χ0) is 14.0. The molecule has 0 radical (unpaired) electrons. The molecule has 0 amide bonds. The molecule has 2 aromatic rings. The SMILES string of the molecule is Cc1cc(C(=O)Cc2cccc(C(F)(F)F)c2)cs1. The number of aryl methyl sites for hydroxylation is 1. The lowest BCUT2D eigenvalue weighted by molar-refractivity contribution is -0.137. The topological polar surface area (TPSA) is 17.1 Å². The first-order valence-corrected chi connectivity index (χ1v) is 6.49. The van der Waals surface area contributed by atoms with Crippen LogP contribution in [0, 0.1) is 6.92 Å². The Morgan fingerprint density at radius 1 is 1.26 bits per heavy atom. The first kappa shape index (κ1) is 13.8. The van der Waals surface area contributed by atoms with Crippen LogP contribution in [0.3, 0.4) is 0 Å². The second-order valence-electron chi connectivity index (χ2n) is 4.24. The van der Waals surface area contributed by atoms with Crippen LogP contribution < -0.4 is 0 Å². The van der Waals surface area contributed by atoms with Gasteiger partial charge in [0.1, 0.15) is 0 Å². The van der Waals surface area contributed by atoms with Gasteiger partial charge in [0, 0.05) is 22.2 Å². The number of halogens is 3. The van der Waals surface area contributed by atoms with Crippen LogP contribution in [0.25, 0.3) is 0 Å². The molecule has 0 N–H and O–H groups in total. The number of carbonyl (C=O) groups is 1. The molecule has 19 heavy (non-hydrogen) atoms. The molecule has 0 saturated heterocycles. The Kier molecular flexibility index (Phi) is 3.75. The minimum absolute atomic E-state index is 0.0138. The van der Waals surface area contributed by atoms with Gasteiger partial charge in [-0.3, -0.25) is 4.79 Å². The summed E-state index contributed by atoms with van der Waals surface area (Å²) in [5.74, 6) is -0.163. The Hall–Kier alpha value is -1.62. The molecule has 5 heteroatoms. The molecule has 100 valence electrons. The highest BCUT2D eigenvalue weighted by molar-refractivity contribution is 7.10. The van der Waals surface area contributed by atoms with E-state index in [0.717, 1.165) is 17.0 Å². The van der Waals surface area contributed by atoms with E-state index in [2.05, 4.69) is 0 Å². The highest BCUT2D eigenvalue weighted by Gasteiger charge is 2.30. The second kappa shape index (κ2) is 5.17. The summed E-state index contributed by atoms with van der Waals surface area (Å²) in [5, 5.41) is 1.73. The molecule has 0 atom stereocenters. The minimum atomic E-state index is -4.38. The summed E-state index contributed by atoms with van der Waals surface area (Å²) in [6.45, 7) is 1.88. The van der Waals surface area contributed by atoms with Gasteiger partial charge in [-0.25, -0.2) is 0 Å². The highest BCUT2D eigenvalue weighted by Crippen LogP contribution is 2.29. The number of hydrogen-bond acceptors (Lipinski definition) is 2. The predicted molar refractivity (Wildman–Crippen MR) is 68.5 cm³/mol. The number of benzene rings is 1. The normalized spacial score (nSPS) is 11.6. The first-order valence-electron chi connectivity index (χ1n) is 5.61. The van der Waals surface area contributed by atoms with Gasteiger partial charge in [0.2, 0.25) is 0 Å². The molecule has 0 aliphatic rings. The molecule has 2 rings (SSSR count). The van der Waals surface area contributed by atoms with Gasteiger partial charge in [0.15, 0.2) is 5.78 Å². The van der Waals surface area contributed by atoms with Crippen molar-refractivity contribution < 1.29 is 18.0 Å². The van der Waals surface area contributed by atoms with E-state index < -0.39 is 11.7 Å². The summed E-state index contributed by atoms with van der Waals surface area (Å²) in [5.41, 5.74) is 0.211. The van der Waals surface area contributed by atoms with Gasteiger partial charge in [-0.05, 0) is 24.6 Å². The number of ketones is 1. The van der Waals surface area contributed by atoms with Crippen LogP contribution in [0.4, 0.5) is 13.2 Å². The van der Waals surface area contributed by atoms with E-state index >= 15 is 0 Å². The van der Waals surface area contributed by atoms with Crippen molar-refractivity contribution in [2.75, 3.05) is 0 Å². The van der Waals surface area contributed by atoms with Crippen LogP contribution in [0.15, 0.2) is 35.7 Å². The maximum Gasteiger partial charge on any atom is 0.416 e. The van der Waals surface area contributed by atoms with E-state index in [1.54, 1.807) is 11.4 Å². The van der Waals surface area contributed by atoms with E-state index in [1.807, 2.05) is 6.92 Å². The summed E-state index contributed by atoms with van der Waals surface area (Å²) in [4.78, 5) is 12.9. The molecule has 1 aromatic heterocycles. The third-order valence-corrected chi connectivity index (χ3v) is 3.53. The Bertz CT molecular complexity index is 599. The summed E-state index contributed by atoms with van der Waals surface area (Å²) in [6.07, 6.45) is -4.39. The predicted octanol–water partition coefficient (Wildman–Crippen LogP) is 4.50. The molecule has 1 nitrogen and oxygen atoms in total. The first-order chi connectivity index (χ1) is 8.86. The number of thiophene rings is 1. The van der Waals surface area contributed by atoms with Crippen molar-refractivity contribution in [3.8, 4) is 0 Å². The van der Waals surface area contributed by atoms with Crippen molar-refractivity contribution in [3.05, 3.63) is 57.3 Å². The Morgan fingerprint density at radius 2 is 2.00 bits per heavy atom. The smallest absolute Gasteiger partial charge is 0.294 e. The van der Waals surface area contributed by atoms with Crippen LogP contribution >= 0.6 is 11.3 Å². The third kappa shape index (κ3) is 3.44. The van der Waals surface area contributed by atoms with E-state index in [1.165, 1.54) is 23.5 Å². The maximum absolute atomic E-state index is 12.5. The fourth-order valence-corrected chi connectivity index (χ4v) is 2.44. The molecule has 1 heterocycles. The zero-order valence-electron chi connectivity index (χ0n) is 10.1. The lowest BCUT2D eigenvalue weighted by Crippen LogP contribution is -2.07. The Morgan fingerprint density at radius 3 is 2.58 bits per heavy atom. The van der Waals surface area contributed by atoms with Gasteiger partial charge in [-0.1, -0.05) is 18.2 Å². The van der Waals surface area contributed by atoms with Gasteiger partial charge < -0.3 is 0 Å². The van der Waals surface area contributed by atoms with Crippen LogP contribution in [0.2, 0.25) is 0 Å². The number of alkyl halides is 3. The maximum atomic E-state index is 12.5. The summed E-state index contributed by atoms with van der Waals surface area (Å²) in [6, 6.07) is 6.64. The summed E-state index contributed by atoms with van der Waals surface area (Å²) < 4.78 is 37.6. The highest BCUT2D eigenvalue weighted by atomic mass is 32.1. The average Bonchev–Trinajstić information content (AvgIpc) is 2.75. The average molecular weight is 284 g/mol. The fraction of sp³-hybridized carbons (Fsp3) is 0.214. The molecule has 0 aliphatic heterocycles. The lowest BCUT2D eigenvalue weighted by Gasteiger charge is -2.08. The zero-order valence-corrected chi connectivity index (χ0v) is 10.9. The Labute approximate surface area is 112 Å². The van der Waals surface area contributed by atoms with Gasteiger partial charge in [-0.15, -0.1) is 11.3 Å². The molecule has 0 aliphatic carbocycles. The Balaban J connectivity index is 2.18. The summed E-state index contributed by atoms with van der Waals surface area (Å²) in [7, 11) is 0. The number of hydrogen-bond donors (Lipinski definition) is 0. The molecule has 0 spiro atoms. The van der Waals surface area contributed by atoms with Gasteiger partial charge in [-0.2, -0.15) is 13.2 Å². The fourth-order valence-electron chi connectivity index (χ4n) is 1.73. The molecule has 0 unspecified atom stereocenters. The van der Waals surface area contributed by atoms with E-state index in [0.29, 0.717) is 11.1 Å². The second-order valence-corrected chi connectivity index (χ2v) is 5.36. The number of Topliss-reactive ketones (excluding diaryl/α,β-unsaturated/α-hetero) is 1. The number of rotatable bonds is 3. The van der Waals surface area contributed by atoms with Crippen molar-refractivity contribution in [2.45, 2.75) is 19.5 Å². The van der Waals surface area contributed by atoms with Crippen LogP contribution in [-0.4, -0.2) is 5.78 Å². The van der Waals surface area contributed by atoms with Crippen LogP contribution in [0.5, 0.6) is 0 Å². The van der Waals surface area contributed by atoms with Crippen molar-refractivity contribution >= 4 is 17.1 Å². The van der Waals surface area contributed by atoms with Crippen molar-refractivity contribution in [1.82, 2.24) is 0 Å². The third-order valence-electron chi connectivity index (χ3n) is 2.67. The lowest BCUT2D eigenvalue weighted by atomic mass is 10.0. The van der Waals surface area contributed by atoms with Gasteiger partial charge >= 0.3 is 6.18 Å². The molecular formula is C14H11F3OS. The van der Waals surface area contributed by atoms with Gasteiger partial charge in [0.05, 0.1) is 5.56 Å². The monoisotopic (exact) mass is 284 g/mol. The quantitative estimate of drug-likeness (QED) is 0.758. The summed E-state index contributed by atoms with van der Waals surface area (Å²) >= 11 is 1.45. The molecule has 0 saturated carbocycles.